The van der Waals surface area contributed by atoms with Crippen LogP contribution in [0.15, 0.2) is 0 Å². The van der Waals surface area contributed by atoms with E-state index in [1.54, 1.807) is 0 Å². The summed E-state index contributed by atoms with van der Waals surface area (Å²) in [7, 11) is 0. The van der Waals surface area contributed by atoms with Gasteiger partial charge in [-0.3, -0.25) is 4.79 Å². The molecule has 1 N–H and O–H groups in total. The SMILES string of the molecule is CC1CCNC(=O)CCO1. The summed E-state index contributed by atoms with van der Waals surface area (Å²) in [5.41, 5.74) is 0. The molecule has 1 saturated heterocycles. The minimum atomic E-state index is 0.104. The molecule has 0 spiro atoms. The lowest BCUT2D eigenvalue weighted by Gasteiger charge is -2.16. The smallest absolute Gasteiger partial charge is 0.222 e. The van der Waals surface area contributed by atoms with Crippen LogP contribution < -0.4 is 5.32 Å². The van der Waals surface area contributed by atoms with Crippen molar-refractivity contribution >= 4 is 5.91 Å². The van der Waals surface area contributed by atoms with Crippen molar-refractivity contribution in [2.75, 3.05) is 13.2 Å². The van der Waals surface area contributed by atoms with E-state index in [9.17, 15) is 4.79 Å². The summed E-state index contributed by atoms with van der Waals surface area (Å²) < 4.78 is 5.29. The van der Waals surface area contributed by atoms with Crippen molar-refractivity contribution in [3.05, 3.63) is 0 Å². The minimum Gasteiger partial charge on any atom is -0.378 e. The Morgan fingerprint density at radius 3 is 3.30 bits per heavy atom. The van der Waals surface area contributed by atoms with E-state index in [0.717, 1.165) is 13.0 Å². The van der Waals surface area contributed by atoms with Gasteiger partial charge in [0.1, 0.15) is 0 Å². The third kappa shape index (κ3) is 2.35. The summed E-state index contributed by atoms with van der Waals surface area (Å²) in [6, 6.07) is 0. The van der Waals surface area contributed by atoms with E-state index in [1.165, 1.54) is 0 Å². The Bertz CT molecular complexity index is 113. The van der Waals surface area contributed by atoms with Gasteiger partial charge in [0.05, 0.1) is 12.7 Å². The van der Waals surface area contributed by atoms with Gasteiger partial charge in [0.15, 0.2) is 0 Å². The fourth-order valence-corrected chi connectivity index (χ4v) is 0.939. The molecular weight excluding hydrogens is 130 g/mol. The standard InChI is InChI=1S/C7H13NO2/c1-6-2-4-8-7(9)3-5-10-6/h6H,2-5H2,1H3,(H,8,9). The zero-order chi connectivity index (χ0) is 7.40. The van der Waals surface area contributed by atoms with Gasteiger partial charge >= 0.3 is 0 Å². The molecule has 0 aromatic rings. The lowest BCUT2D eigenvalue weighted by atomic mass is 10.2. The third-order valence-electron chi connectivity index (χ3n) is 1.60. The Labute approximate surface area is 60.7 Å². The highest BCUT2D eigenvalue weighted by molar-refractivity contribution is 5.75. The van der Waals surface area contributed by atoms with Crippen LogP contribution in [0.4, 0.5) is 0 Å². The van der Waals surface area contributed by atoms with Gasteiger partial charge in [0.2, 0.25) is 5.91 Å². The quantitative estimate of drug-likeness (QED) is 0.529. The van der Waals surface area contributed by atoms with Gasteiger partial charge in [-0.05, 0) is 13.3 Å². The Balaban J connectivity index is 2.27. The Hall–Kier alpha value is -0.570. The molecule has 3 nitrogen and oxygen atoms in total. The number of hydrogen-bond donors (Lipinski definition) is 1. The maximum atomic E-state index is 10.8. The maximum absolute atomic E-state index is 10.8. The molecule has 58 valence electrons. The van der Waals surface area contributed by atoms with E-state index in [-0.39, 0.29) is 5.91 Å². The highest BCUT2D eigenvalue weighted by atomic mass is 16.5. The monoisotopic (exact) mass is 143 g/mol. The minimum absolute atomic E-state index is 0.104. The van der Waals surface area contributed by atoms with Crippen LogP contribution >= 0.6 is 0 Å². The van der Waals surface area contributed by atoms with E-state index < -0.39 is 0 Å². The summed E-state index contributed by atoms with van der Waals surface area (Å²) in [6.07, 6.45) is 1.72. The lowest BCUT2D eigenvalue weighted by molar-refractivity contribution is -0.123. The highest BCUT2D eigenvalue weighted by Crippen LogP contribution is 2.00. The number of rotatable bonds is 0. The van der Waals surface area contributed by atoms with Gasteiger partial charge in [-0.1, -0.05) is 0 Å². The van der Waals surface area contributed by atoms with Gasteiger partial charge in [0.25, 0.3) is 0 Å². The molecule has 1 aliphatic rings. The summed E-state index contributed by atoms with van der Waals surface area (Å²) >= 11 is 0. The van der Waals surface area contributed by atoms with Crippen LogP contribution in [0.1, 0.15) is 19.8 Å². The van der Waals surface area contributed by atoms with Crippen LogP contribution in [-0.4, -0.2) is 25.2 Å². The first-order valence-electron chi connectivity index (χ1n) is 3.67. The van der Waals surface area contributed by atoms with Crippen molar-refractivity contribution in [1.29, 1.82) is 0 Å². The summed E-state index contributed by atoms with van der Waals surface area (Å²) in [4.78, 5) is 10.8. The molecule has 0 aromatic heterocycles. The van der Waals surface area contributed by atoms with Gasteiger partial charge in [-0.15, -0.1) is 0 Å². The Kier molecular flexibility index (Phi) is 2.68. The van der Waals surface area contributed by atoms with Crippen molar-refractivity contribution in [3.8, 4) is 0 Å². The molecule has 1 aliphatic heterocycles. The topological polar surface area (TPSA) is 38.3 Å². The van der Waals surface area contributed by atoms with Crippen molar-refractivity contribution in [2.45, 2.75) is 25.9 Å². The molecular formula is C7H13NO2. The summed E-state index contributed by atoms with van der Waals surface area (Å²) in [5, 5.41) is 2.80. The molecule has 1 fully saturated rings. The number of amides is 1. The molecule has 1 atom stereocenters. The zero-order valence-corrected chi connectivity index (χ0v) is 6.22. The van der Waals surface area contributed by atoms with Crippen LogP contribution in [0.5, 0.6) is 0 Å². The molecule has 1 unspecified atom stereocenters. The van der Waals surface area contributed by atoms with E-state index in [0.29, 0.717) is 19.1 Å². The fourth-order valence-electron chi connectivity index (χ4n) is 0.939. The van der Waals surface area contributed by atoms with Crippen molar-refractivity contribution < 1.29 is 9.53 Å². The number of carbonyl (C=O) groups excluding carboxylic acids is 1. The number of hydrogen-bond acceptors (Lipinski definition) is 2. The van der Waals surface area contributed by atoms with Crippen molar-refractivity contribution in [2.24, 2.45) is 0 Å². The van der Waals surface area contributed by atoms with E-state index >= 15 is 0 Å². The third-order valence-corrected chi connectivity index (χ3v) is 1.60. The van der Waals surface area contributed by atoms with E-state index in [1.807, 2.05) is 6.92 Å². The van der Waals surface area contributed by atoms with Gasteiger partial charge in [-0.25, -0.2) is 0 Å². The molecule has 1 amide bonds. The predicted molar refractivity (Wildman–Crippen MR) is 37.7 cm³/mol. The van der Waals surface area contributed by atoms with Crippen molar-refractivity contribution in [1.82, 2.24) is 5.32 Å². The average molecular weight is 143 g/mol. The molecule has 0 bridgehead atoms. The molecule has 0 radical (unpaired) electrons. The average Bonchev–Trinajstić information content (AvgIpc) is 1.84. The van der Waals surface area contributed by atoms with Crippen molar-refractivity contribution in [3.63, 3.8) is 0 Å². The van der Waals surface area contributed by atoms with Gasteiger partial charge in [-0.2, -0.15) is 0 Å². The Morgan fingerprint density at radius 2 is 2.50 bits per heavy atom. The first-order valence-corrected chi connectivity index (χ1v) is 3.67. The van der Waals surface area contributed by atoms with Crippen LogP contribution in [0, 0.1) is 0 Å². The number of nitrogens with one attached hydrogen (secondary N) is 1. The molecule has 0 aliphatic carbocycles. The second-order valence-electron chi connectivity index (χ2n) is 2.57. The van der Waals surface area contributed by atoms with Gasteiger partial charge < -0.3 is 10.1 Å². The van der Waals surface area contributed by atoms with Crippen LogP contribution in [0.25, 0.3) is 0 Å². The first-order chi connectivity index (χ1) is 4.79. The van der Waals surface area contributed by atoms with Gasteiger partial charge in [0, 0.05) is 13.0 Å². The first kappa shape index (κ1) is 7.54. The lowest BCUT2D eigenvalue weighted by Crippen LogP contribution is -2.31. The fraction of sp³-hybridized carbons (Fsp3) is 0.857. The summed E-state index contributed by atoms with van der Waals surface area (Å²) in [5.74, 6) is 0.104. The second kappa shape index (κ2) is 3.56. The molecule has 10 heavy (non-hydrogen) atoms. The summed E-state index contributed by atoms with van der Waals surface area (Å²) in [6.45, 7) is 3.34. The molecule has 1 heterocycles. The molecule has 0 saturated carbocycles. The number of carbonyl (C=O) groups is 1. The van der Waals surface area contributed by atoms with E-state index in [2.05, 4.69) is 5.32 Å². The molecule has 1 rings (SSSR count). The zero-order valence-electron chi connectivity index (χ0n) is 6.22. The molecule has 3 heteroatoms. The molecule has 0 aromatic carbocycles. The Morgan fingerprint density at radius 1 is 1.70 bits per heavy atom. The predicted octanol–water partition coefficient (Wildman–Crippen LogP) is 0.301. The maximum Gasteiger partial charge on any atom is 0.222 e. The highest BCUT2D eigenvalue weighted by Gasteiger charge is 2.08. The van der Waals surface area contributed by atoms with Crippen LogP contribution in [0.3, 0.4) is 0 Å². The normalized spacial score (nSPS) is 28.5. The van der Waals surface area contributed by atoms with Crippen LogP contribution in [-0.2, 0) is 9.53 Å². The largest absolute Gasteiger partial charge is 0.378 e. The van der Waals surface area contributed by atoms with Crippen LogP contribution in [0.2, 0.25) is 0 Å². The van der Waals surface area contributed by atoms with E-state index in [4.69, 9.17) is 4.74 Å². The second-order valence-corrected chi connectivity index (χ2v) is 2.57. The number of ether oxygens (including phenoxy) is 1.